The highest BCUT2D eigenvalue weighted by Crippen LogP contribution is 2.20. The first-order valence-corrected chi connectivity index (χ1v) is 11.5. The van der Waals surface area contributed by atoms with E-state index in [1.54, 1.807) is 6.92 Å². The van der Waals surface area contributed by atoms with E-state index < -0.39 is 11.9 Å². The third-order valence-corrected chi connectivity index (χ3v) is 5.42. The van der Waals surface area contributed by atoms with Crippen molar-refractivity contribution in [1.29, 1.82) is 0 Å². The van der Waals surface area contributed by atoms with Gasteiger partial charge in [0, 0.05) is 6.04 Å². The summed E-state index contributed by atoms with van der Waals surface area (Å²) in [7, 11) is 0. The summed E-state index contributed by atoms with van der Waals surface area (Å²) in [6.07, 6.45) is 0.496. The molecule has 1 heterocycles. The van der Waals surface area contributed by atoms with Gasteiger partial charge in [-0.05, 0) is 40.8 Å². The van der Waals surface area contributed by atoms with E-state index in [0.29, 0.717) is 13.0 Å². The summed E-state index contributed by atoms with van der Waals surface area (Å²) in [5.74, 6) is -0.909. The predicted octanol–water partition coefficient (Wildman–Crippen LogP) is 3.68. The van der Waals surface area contributed by atoms with E-state index in [0.717, 1.165) is 22.3 Å². The lowest BCUT2D eigenvalue weighted by Crippen LogP contribution is -2.39. The molecule has 0 aliphatic heterocycles. The number of nitrogens with zero attached hydrogens (tertiary/aromatic N) is 4. The first-order chi connectivity index (χ1) is 17.1. The quantitative estimate of drug-likeness (QED) is 0.356. The molecule has 4 rings (SSSR count). The zero-order valence-corrected chi connectivity index (χ0v) is 19.5. The highest BCUT2D eigenvalue weighted by Gasteiger charge is 2.21. The van der Waals surface area contributed by atoms with Crippen molar-refractivity contribution in [2.45, 2.75) is 32.4 Å². The number of tetrazole rings is 1. The van der Waals surface area contributed by atoms with Crippen LogP contribution in [-0.4, -0.2) is 44.7 Å². The van der Waals surface area contributed by atoms with Crippen molar-refractivity contribution < 1.29 is 14.3 Å². The van der Waals surface area contributed by atoms with E-state index >= 15 is 0 Å². The molecule has 1 aromatic heterocycles. The number of carbonyl (C=O) groups excluding carboxylic acids is 2. The first kappa shape index (κ1) is 23.8. The van der Waals surface area contributed by atoms with Crippen molar-refractivity contribution in [1.82, 2.24) is 25.5 Å². The van der Waals surface area contributed by atoms with Gasteiger partial charge in [-0.25, -0.2) is 0 Å². The maximum Gasteiger partial charge on any atom is 0.307 e. The van der Waals surface area contributed by atoms with Gasteiger partial charge >= 0.3 is 5.97 Å². The van der Waals surface area contributed by atoms with Crippen molar-refractivity contribution in [2.24, 2.45) is 0 Å². The van der Waals surface area contributed by atoms with Gasteiger partial charge in [-0.2, -0.15) is 4.80 Å². The Labute approximate surface area is 203 Å². The smallest absolute Gasteiger partial charge is 0.307 e. The molecule has 0 saturated carbocycles. The minimum atomic E-state index is -0.487. The number of hydrogen-bond donors (Lipinski definition) is 1. The Bertz CT molecular complexity index is 1240. The van der Waals surface area contributed by atoms with Crippen molar-refractivity contribution in [2.75, 3.05) is 6.61 Å². The van der Waals surface area contributed by atoms with Gasteiger partial charge in [0.2, 0.25) is 0 Å². The molecular weight excluding hydrogens is 442 g/mol. The molecule has 0 unspecified atom stereocenters. The molecule has 4 aromatic rings. The summed E-state index contributed by atoms with van der Waals surface area (Å²) < 4.78 is 5.11. The lowest BCUT2D eigenvalue weighted by atomic mass is 9.99. The lowest BCUT2D eigenvalue weighted by Gasteiger charge is -2.17. The minimum absolute atomic E-state index is 0.0399. The van der Waals surface area contributed by atoms with Crippen molar-refractivity contribution in [3.63, 3.8) is 0 Å². The second-order valence-electron chi connectivity index (χ2n) is 8.08. The van der Waals surface area contributed by atoms with E-state index in [2.05, 4.69) is 32.9 Å². The molecular formula is C27H27N5O3. The molecule has 3 aromatic carbocycles. The topological polar surface area (TPSA) is 99.0 Å². The van der Waals surface area contributed by atoms with Crippen LogP contribution < -0.4 is 5.32 Å². The van der Waals surface area contributed by atoms with E-state index in [4.69, 9.17) is 4.74 Å². The lowest BCUT2D eigenvalue weighted by molar-refractivity contribution is -0.143. The van der Waals surface area contributed by atoms with Gasteiger partial charge in [0.15, 0.2) is 0 Å². The van der Waals surface area contributed by atoms with Crippen LogP contribution >= 0.6 is 0 Å². The standard InChI is InChI=1S/C27H27N5O3/c1-2-35-25(33)18-24(17-20-13-15-23(16-14-20)22-11-7-4-8-12-22)28-27(34)26-29-31-32(30-26)19-21-9-5-3-6-10-21/h3-16,24H,2,17-19H2,1H3,(H,28,34)/t24-/m1/s1. The Morgan fingerprint density at radius 1 is 0.886 bits per heavy atom. The molecule has 8 nitrogen and oxygen atoms in total. The van der Waals surface area contributed by atoms with Crippen LogP contribution in [0.25, 0.3) is 11.1 Å². The second kappa shape index (κ2) is 11.7. The average molecular weight is 470 g/mol. The zero-order chi connectivity index (χ0) is 24.5. The normalized spacial score (nSPS) is 11.6. The van der Waals surface area contributed by atoms with Crippen molar-refractivity contribution >= 4 is 11.9 Å². The van der Waals surface area contributed by atoms with Gasteiger partial charge in [0.25, 0.3) is 11.7 Å². The molecule has 1 N–H and O–H groups in total. The van der Waals surface area contributed by atoms with Crippen LogP contribution in [-0.2, 0) is 22.5 Å². The number of amides is 1. The van der Waals surface area contributed by atoms with Gasteiger partial charge in [-0.3, -0.25) is 9.59 Å². The molecule has 8 heteroatoms. The fraction of sp³-hybridized carbons (Fsp3) is 0.222. The van der Waals surface area contributed by atoms with Crippen LogP contribution in [0.1, 0.15) is 35.1 Å². The number of rotatable bonds is 10. The molecule has 0 bridgehead atoms. The third-order valence-electron chi connectivity index (χ3n) is 5.42. The number of nitrogens with one attached hydrogen (secondary N) is 1. The number of carbonyl (C=O) groups is 2. The fourth-order valence-corrected chi connectivity index (χ4v) is 3.74. The molecule has 0 aliphatic carbocycles. The van der Waals surface area contributed by atoms with Crippen molar-refractivity contribution in [3.8, 4) is 11.1 Å². The Hall–Kier alpha value is -4.33. The average Bonchev–Trinajstić information content (AvgIpc) is 3.34. The summed E-state index contributed by atoms with van der Waals surface area (Å²) in [5, 5.41) is 14.9. The molecule has 1 amide bonds. The SMILES string of the molecule is CCOC(=O)C[C@@H](Cc1ccc(-c2ccccc2)cc1)NC(=O)c1nnn(Cc2ccccc2)n1. The number of ether oxygens (including phenoxy) is 1. The summed E-state index contributed by atoms with van der Waals surface area (Å²) in [6, 6.07) is 27.3. The molecule has 0 radical (unpaired) electrons. The molecule has 0 fully saturated rings. The van der Waals surface area contributed by atoms with E-state index in [-0.39, 0.29) is 24.8 Å². The fourth-order valence-electron chi connectivity index (χ4n) is 3.74. The summed E-state index contributed by atoms with van der Waals surface area (Å²) in [5.41, 5.74) is 4.20. The monoisotopic (exact) mass is 469 g/mol. The molecule has 35 heavy (non-hydrogen) atoms. The summed E-state index contributed by atoms with van der Waals surface area (Å²) in [6.45, 7) is 2.44. The molecule has 0 saturated heterocycles. The van der Waals surface area contributed by atoms with Gasteiger partial charge < -0.3 is 10.1 Å². The zero-order valence-electron chi connectivity index (χ0n) is 19.5. The van der Waals surface area contributed by atoms with Crippen molar-refractivity contribution in [3.05, 3.63) is 102 Å². The van der Waals surface area contributed by atoms with E-state index in [1.165, 1.54) is 4.80 Å². The Morgan fingerprint density at radius 2 is 1.54 bits per heavy atom. The highest BCUT2D eigenvalue weighted by atomic mass is 16.5. The first-order valence-electron chi connectivity index (χ1n) is 11.5. The van der Waals surface area contributed by atoms with Gasteiger partial charge in [-0.15, -0.1) is 10.2 Å². The van der Waals surface area contributed by atoms with Gasteiger partial charge in [0.1, 0.15) is 0 Å². The van der Waals surface area contributed by atoms with E-state index in [9.17, 15) is 9.59 Å². The van der Waals surface area contributed by atoms with Crippen LogP contribution in [0.15, 0.2) is 84.9 Å². The Kier molecular flexibility index (Phi) is 7.96. The minimum Gasteiger partial charge on any atom is -0.466 e. The predicted molar refractivity (Wildman–Crippen MR) is 131 cm³/mol. The molecule has 178 valence electrons. The molecule has 1 atom stereocenters. The van der Waals surface area contributed by atoms with Crippen LogP contribution in [0.4, 0.5) is 0 Å². The van der Waals surface area contributed by atoms with Crippen LogP contribution in [0.2, 0.25) is 0 Å². The van der Waals surface area contributed by atoms with E-state index in [1.807, 2.05) is 72.8 Å². The third kappa shape index (κ3) is 6.83. The Balaban J connectivity index is 1.43. The largest absolute Gasteiger partial charge is 0.466 e. The van der Waals surface area contributed by atoms with Crippen LogP contribution in [0.3, 0.4) is 0 Å². The summed E-state index contributed by atoms with van der Waals surface area (Å²) in [4.78, 5) is 26.4. The maximum absolute atomic E-state index is 12.8. The van der Waals surface area contributed by atoms with Gasteiger partial charge in [-0.1, -0.05) is 84.9 Å². The number of benzene rings is 3. The number of aromatic nitrogens is 4. The maximum atomic E-state index is 12.8. The molecule has 0 aliphatic rings. The number of hydrogen-bond acceptors (Lipinski definition) is 6. The second-order valence-corrected chi connectivity index (χ2v) is 8.08. The molecule has 0 spiro atoms. The van der Waals surface area contributed by atoms with Crippen LogP contribution in [0.5, 0.6) is 0 Å². The summed E-state index contributed by atoms with van der Waals surface area (Å²) >= 11 is 0. The highest BCUT2D eigenvalue weighted by molar-refractivity contribution is 5.90. The van der Waals surface area contributed by atoms with Crippen LogP contribution in [0, 0.1) is 0 Å². The van der Waals surface area contributed by atoms with Gasteiger partial charge in [0.05, 0.1) is 19.6 Å². The number of esters is 1. The Morgan fingerprint density at radius 3 is 2.23 bits per heavy atom.